The maximum Gasteiger partial charge on any atom is 0.321 e. The number of methoxy groups -OCH3 is 1. The summed E-state index contributed by atoms with van der Waals surface area (Å²) in [6, 6.07) is 2.76. The Labute approximate surface area is 139 Å². The first kappa shape index (κ1) is 19.4. The molecule has 9 nitrogen and oxygen atoms in total. The SMILES string of the molecule is CCCCNC(CC(=O)Nc1ccc([N+](=O)[O-])cc1OC)C(=O)O. The minimum atomic E-state index is -1.11. The van der Waals surface area contributed by atoms with Gasteiger partial charge < -0.3 is 20.5 Å². The van der Waals surface area contributed by atoms with Gasteiger partial charge in [-0.2, -0.15) is 0 Å². The van der Waals surface area contributed by atoms with E-state index in [9.17, 15) is 19.7 Å². The molecule has 0 fully saturated rings. The number of carbonyl (C=O) groups is 2. The molecule has 0 aliphatic heterocycles. The van der Waals surface area contributed by atoms with Crippen molar-refractivity contribution in [3.63, 3.8) is 0 Å². The molecule has 9 heteroatoms. The molecule has 0 aliphatic rings. The summed E-state index contributed by atoms with van der Waals surface area (Å²) in [5.41, 5.74) is 0.0697. The molecule has 3 N–H and O–H groups in total. The molecule has 0 heterocycles. The number of nitrogens with one attached hydrogen (secondary N) is 2. The van der Waals surface area contributed by atoms with Crippen LogP contribution in [0.15, 0.2) is 18.2 Å². The number of nitro benzene ring substituents is 1. The van der Waals surface area contributed by atoms with Gasteiger partial charge in [0.05, 0.1) is 30.2 Å². The number of ether oxygens (including phenoxy) is 1. The number of rotatable bonds is 10. The maximum absolute atomic E-state index is 12.0. The zero-order chi connectivity index (χ0) is 18.1. The van der Waals surface area contributed by atoms with Crippen LogP contribution in [-0.2, 0) is 9.59 Å². The highest BCUT2D eigenvalue weighted by atomic mass is 16.6. The number of nitrogens with zero attached hydrogens (tertiary/aromatic N) is 1. The largest absolute Gasteiger partial charge is 0.494 e. The number of anilines is 1. The van der Waals surface area contributed by atoms with Crippen LogP contribution in [0.2, 0.25) is 0 Å². The summed E-state index contributed by atoms with van der Waals surface area (Å²) in [5, 5.41) is 25.2. The second-order valence-electron chi connectivity index (χ2n) is 5.09. The van der Waals surface area contributed by atoms with Crippen molar-refractivity contribution < 1.29 is 24.4 Å². The number of non-ortho nitro benzene ring substituents is 1. The molecule has 0 saturated heterocycles. The summed E-state index contributed by atoms with van der Waals surface area (Å²) in [7, 11) is 1.32. The molecule has 0 saturated carbocycles. The van der Waals surface area contributed by atoms with E-state index in [1.807, 2.05) is 6.92 Å². The number of carboxylic acids is 1. The molecule has 0 aromatic heterocycles. The van der Waals surface area contributed by atoms with Crippen molar-refractivity contribution in [1.82, 2.24) is 5.32 Å². The van der Waals surface area contributed by atoms with E-state index in [-0.39, 0.29) is 23.5 Å². The number of hydrogen-bond acceptors (Lipinski definition) is 6. The van der Waals surface area contributed by atoms with E-state index in [1.165, 1.54) is 25.3 Å². The molecule has 132 valence electrons. The molecule has 0 aliphatic carbocycles. The van der Waals surface area contributed by atoms with Gasteiger partial charge in [0.25, 0.3) is 5.69 Å². The quantitative estimate of drug-likeness (QED) is 0.336. The third-order valence-electron chi connectivity index (χ3n) is 3.28. The molecule has 1 amide bonds. The first-order valence-corrected chi connectivity index (χ1v) is 7.47. The van der Waals surface area contributed by atoms with Gasteiger partial charge in [0.2, 0.25) is 5.91 Å². The lowest BCUT2D eigenvalue weighted by molar-refractivity contribution is -0.384. The standard InChI is InChI=1S/C15H21N3O6/c1-3-4-7-16-12(15(20)21)9-14(19)17-11-6-5-10(18(22)23)8-13(11)24-2/h5-6,8,12,16H,3-4,7,9H2,1-2H3,(H,17,19)(H,20,21). The second kappa shape index (κ2) is 9.46. The molecule has 1 atom stereocenters. The van der Waals surface area contributed by atoms with Crippen molar-refractivity contribution >= 4 is 23.3 Å². The topological polar surface area (TPSA) is 131 Å². The van der Waals surface area contributed by atoms with Gasteiger partial charge >= 0.3 is 5.97 Å². The highest BCUT2D eigenvalue weighted by Gasteiger charge is 2.21. The fourth-order valence-corrected chi connectivity index (χ4v) is 1.98. The first-order valence-electron chi connectivity index (χ1n) is 7.47. The first-order chi connectivity index (χ1) is 11.4. The van der Waals surface area contributed by atoms with Crippen molar-refractivity contribution in [2.45, 2.75) is 32.2 Å². The fourth-order valence-electron chi connectivity index (χ4n) is 1.98. The van der Waals surface area contributed by atoms with E-state index in [1.54, 1.807) is 0 Å². The summed E-state index contributed by atoms with van der Waals surface area (Å²) in [6.45, 7) is 2.48. The summed E-state index contributed by atoms with van der Waals surface area (Å²) in [6.07, 6.45) is 1.45. The number of benzene rings is 1. The van der Waals surface area contributed by atoms with Gasteiger partial charge in [0.1, 0.15) is 11.8 Å². The molecule has 1 aromatic rings. The normalized spacial score (nSPS) is 11.6. The molecular weight excluding hydrogens is 318 g/mol. The number of hydrogen-bond donors (Lipinski definition) is 3. The summed E-state index contributed by atoms with van der Waals surface area (Å²) < 4.78 is 5.02. The Morgan fingerprint density at radius 1 is 1.42 bits per heavy atom. The summed E-state index contributed by atoms with van der Waals surface area (Å²) in [4.78, 5) is 33.4. The third-order valence-corrected chi connectivity index (χ3v) is 3.28. The van der Waals surface area contributed by atoms with Gasteiger partial charge in [-0.15, -0.1) is 0 Å². The lowest BCUT2D eigenvalue weighted by Crippen LogP contribution is -2.40. The second-order valence-corrected chi connectivity index (χ2v) is 5.09. The van der Waals surface area contributed by atoms with Gasteiger partial charge in [-0.1, -0.05) is 13.3 Å². The molecule has 0 radical (unpaired) electrons. The smallest absolute Gasteiger partial charge is 0.321 e. The summed E-state index contributed by atoms with van der Waals surface area (Å²) in [5.74, 6) is -1.51. The van der Waals surface area contributed by atoms with Crippen LogP contribution in [-0.4, -0.2) is 41.6 Å². The van der Waals surface area contributed by atoms with Crippen molar-refractivity contribution in [1.29, 1.82) is 0 Å². The van der Waals surface area contributed by atoms with E-state index in [2.05, 4.69) is 10.6 Å². The van der Waals surface area contributed by atoms with Crippen molar-refractivity contribution in [2.24, 2.45) is 0 Å². The Morgan fingerprint density at radius 3 is 2.67 bits per heavy atom. The van der Waals surface area contributed by atoms with Crippen LogP contribution in [0.3, 0.4) is 0 Å². The Bertz CT molecular complexity index is 605. The fraction of sp³-hybridized carbons (Fsp3) is 0.467. The van der Waals surface area contributed by atoms with E-state index in [0.717, 1.165) is 12.8 Å². The van der Waals surface area contributed by atoms with Gasteiger partial charge in [-0.05, 0) is 19.0 Å². The number of nitro groups is 1. The Hall–Kier alpha value is -2.68. The van der Waals surface area contributed by atoms with Crippen molar-refractivity contribution in [2.75, 3.05) is 19.0 Å². The lowest BCUT2D eigenvalue weighted by atomic mass is 10.1. The number of carboxylic acid groups (broad SMARTS) is 1. The third kappa shape index (κ3) is 5.84. The monoisotopic (exact) mass is 339 g/mol. The van der Waals surface area contributed by atoms with Gasteiger partial charge in [-0.3, -0.25) is 19.7 Å². The van der Waals surface area contributed by atoms with Crippen molar-refractivity contribution in [3.8, 4) is 5.75 Å². The van der Waals surface area contributed by atoms with Crippen LogP contribution in [0.25, 0.3) is 0 Å². The van der Waals surface area contributed by atoms with Crippen LogP contribution in [0.4, 0.5) is 11.4 Å². The minimum absolute atomic E-state index is 0.128. The van der Waals surface area contributed by atoms with Crippen LogP contribution in [0.5, 0.6) is 5.75 Å². The average molecular weight is 339 g/mol. The number of aliphatic carboxylic acids is 1. The predicted molar refractivity (Wildman–Crippen MR) is 87.2 cm³/mol. The van der Waals surface area contributed by atoms with Gasteiger partial charge in [0.15, 0.2) is 0 Å². The van der Waals surface area contributed by atoms with Crippen LogP contribution in [0.1, 0.15) is 26.2 Å². The molecule has 1 unspecified atom stereocenters. The summed E-state index contributed by atoms with van der Waals surface area (Å²) >= 11 is 0. The minimum Gasteiger partial charge on any atom is -0.494 e. The van der Waals surface area contributed by atoms with Crippen LogP contribution < -0.4 is 15.4 Å². The zero-order valence-corrected chi connectivity index (χ0v) is 13.6. The highest BCUT2D eigenvalue weighted by Crippen LogP contribution is 2.29. The van der Waals surface area contributed by atoms with Gasteiger partial charge in [0, 0.05) is 6.07 Å². The van der Waals surface area contributed by atoms with Crippen molar-refractivity contribution in [3.05, 3.63) is 28.3 Å². The maximum atomic E-state index is 12.0. The Balaban J connectivity index is 2.75. The lowest BCUT2D eigenvalue weighted by Gasteiger charge is -2.15. The molecule has 1 aromatic carbocycles. The van der Waals surface area contributed by atoms with Crippen LogP contribution in [0, 0.1) is 10.1 Å². The Kier molecular flexibility index (Phi) is 7.63. The van der Waals surface area contributed by atoms with E-state index < -0.39 is 22.8 Å². The number of carbonyl (C=O) groups excluding carboxylic acids is 1. The highest BCUT2D eigenvalue weighted by molar-refractivity contribution is 5.95. The predicted octanol–water partition coefficient (Wildman–Crippen LogP) is 1.77. The number of unbranched alkanes of at least 4 members (excludes halogenated alkanes) is 1. The molecule has 0 spiro atoms. The molecule has 1 rings (SSSR count). The molecule has 24 heavy (non-hydrogen) atoms. The Morgan fingerprint density at radius 2 is 2.12 bits per heavy atom. The van der Waals surface area contributed by atoms with E-state index >= 15 is 0 Å². The number of amides is 1. The van der Waals surface area contributed by atoms with E-state index in [0.29, 0.717) is 6.54 Å². The van der Waals surface area contributed by atoms with Gasteiger partial charge in [-0.25, -0.2) is 0 Å². The van der Waals surface area contributed by atoms with Crippen LogP contribution >= 0.6 is 0 Å². The molecule has 0 bridgehead atoms. The van der Waals surface area contributed by atoms with E-state index in [4.69, 9.17) is 9.84 Å². The molecular formula is C15H21N3O6. The average Bonchev–Trinajstić information content (AvgIpc) is 2.54. The zero-order valence-electron chi connectivity index (χ0n) is 13.6.